The minimum atomic E-state index is 0.884. The van der Waals surface area contributed by atoms with Crippen molar-refractivity contribution in [3.63, 3.8) is 0 Å². The zero-order valence-electron chi connectivity index (χ0n) is 6.21. The highest BCUT2D eigenvalue weighted by molar-refractivity contribution is 7.07. The van der Waals surface area contributed by atoms with Crippen molar-refractivity contribution in [1.29, 1.82) is 0 Å². The van der Waals surface area contributed by atoms with Gasteiger partial charge in [-0.15, -0.1) is 0 Å². The van der Waals surface area contributed by atoms with Crippen LogP contribution in [0.3, 0.4) is 0 Å². The van der Waals surface area contributed by atoms with E-state index in [1.807, 2.05) is 29.9 Å². The second kappa shape index (κ2) is 4.47. The van der Waals surface area contributed by atoms with Crippen molar-refractivity contribution in [1.82, 2.24) is 5.32 Å². The molecule has 1 fully saturated rings. The lowest BCUT2D eigenvalue weighted by Gasteiger charge is -1.80. The van der Waals surface area contributed by atoms with Crippen molar-refractivity contribution >= 4 is 11.3 Å². The molecule has 0 aromatic carbocycles. The van der Waals surface area contributed by atoms with Crippen molar-refractivity contribution in [3.8, 4) is 0 Å². The summed E-state index contributed by atoms with van der Waals surface area (Å²) in [4.78, 5) is 0. The molecule has 2 rings (SSSR count). The highest BCUT2D eigenvalue weighted by Crippen LogP contribution is 2.16. The predicted octanol–water partition coefficient (Wildman–Crippen LogP) is 2.12. The molecule has 0 atom stereocenters. The maximum atomic E-state index is 3.14. The third-order valence-corrected chi connectivity index (χ3v) is 2.04. The predicted molar refractivity (Wildman–Crippen MR) is 46.4 cm³/mol. The SMILES string of the molecule is CNC1CC1.c1ccsc1. The molecular formula is C8H13NS. The van der Waals surface area contributed by atoms with E-state index in [2.05, 4.69) is 5.32 Å². The fourth-order valence-corrected chi connectivity index (χ4v) is 1.05. The van der Waals surface area contributed by atoms with Gasteiger partial charge in [-0.25, -0.2) is 0 Å². The number of rotatable bonds is 1. The van der Waals surface area contributed by atoms with Crippen LogP contribution >= 0.6 is 11.3 Å². The molecule has 1 N–H and O–H groups in total. The van der Waals surface area contributed by atoms with E-state index in [-0.39, 0.29) is 0 Å². The molecule has 1 aromatic heterocycles. The Morgan fingerprint density at radius 3 is 2.00 bits per heavy atom. The van der Waals surface area contributed by atoms with E-state index in [0.717, 1.165) is 6.04 Å². The standard InChI is InChI=1S/C4H9N.C4H4S/c1-5-4-2-3-4;1-2-4-5-3-1/h4-5H,2-3H2,1H3;1-4H. The molecule has 0 unspecified atom stereocenters. The summed E-state index contributed by atoms with van der Waals surface area (Å²) in [5.74, 6) is 0. The van der Waals surface area contributed by atoms with Gasteiger partial charge in [-0.05, 0) is 30.6 Å². The van der Waals surface area contributed by atoms with Crippen molar-refractivity contribution < 1.29 is 0 Å². The zero-order valence-corrected chi connectivity index (χ0v) is 7.03. The van der Waals surface area contributed by atoms with Crippen LogP contribution in [0.4, 0.5) is 0 Å². The molecule has 1 aliphatic carbocycles. The quantitative estimate of drug-likeness (QED) is 0.655. The molecule has 0 saturated heterocycles. The average molecular weight is 155 g/mol. The van der Waals surface area contributed by atoms with E-state index in [4.69, 9.17) is 0 Å². The molecule has 0 aliphatic heterocycles. The highest BCUT2D eigenvalue weighted by atomic mass is 32.1. The Labute approximate surface area is 66.1 Å². The highest BCUT2D eigenvalue weighted by Gasteiger charge is 2.17. The molecule has 1 aliphatic rings. The lowest BCUT2D eigenvalue weighted by Crippen LogP contribution is -2.06. The Morgan fingerprint density at radius 2 is 1.90 bits per heavy atom. The molecule has 2 heteroatoms. The van der Waals surface area contributed by atoms with Crippen LogP contribution in [0.1, 0.15) is 12.8 Å². The van der Waals surface area contributed by atoms with E-state index < -0.39 is 0 Å². The second-order valence-corrected chi connectivity index (χ2v) is 3.17. The smallest absolute Gasteiger partial charge is 0.00652 e. The summed E-state index contributed by atoms with van der Waals surface area (Å²) < 4.78 is 0. The van der Waals surface area contributed by atoms with E-state index in [0.29, 0.717) is 0 Å². The van der Waals surface area contributed by atoms with Gasteiger partial charge < -0.3 is 5.32 Å². The van der Waals surface area contributed by atoms with Crippen LogP contribution in [-0.2, 0) is 0 Å². The monoisotopic (exact) mass is 155 g/mol. The summed E-state index contributed by atoms with van der Waals surface area (Å²) in [6, 6.07) is 4.92. The normalized spacial score (nSPS) is 15.7. The van der Waals surface area contributed by atoms with Gasteiger partial charge in [0.25, 0.3) is 0 Å². The maximum absolute atomic E-state index is 3.14. The van der Waals surface area contributed by atoms with Crippen LogP contribution in [-0.4, -0.2) is 13.1 Å². The van der Waals surface area contributed by atoms with Gasteiger partial charge in [-0.2, -0.15) is 11.3 Å². The average Bonchev–Trinajstić information content (AvgIpc) is 2.63. The first-order valence-corrected chi connectivity index (χ1v) is 4.52. The molecule has 0 amide bonds. The number of nitrogens with one attached hydrogen (secondary N) is 1. The van der Waals surface area contributed by atoms with Crippen LogP contribution in [0.15, 0.2) is 22.9 Å². The third-order valence-electron chi connectivity index (χ3n) is 1.41. The van der Waals surface area contributed by atoms with Crippen LogP contribution in [0.25, 0.3) is 0 Å². The topological polar surface area (TPSA) is 12.0 Å². The van der Waals surface area contributed by atoms with Crippen molar-refractivity contribution in [2.45, 2.75) is 18.9 Å². The van der Waals surface area contributed by atoms with Crippen molar-refractivity contribution in [2.24, 2.45) is 0 Å². The molecule has 10 heavy (non-hydrogen) atoms. The summed E-state index contributed by atoms with van der Waals surface area (Å²) in [5, 5.41) is 7.22. The van der Waals surface area contributed by atoms with Crippen LogP contribution in [0, 0.1) is 0 Å². The van der Waals surface area contributed by atoms with Gasteiger partial charge in [0, 0.05) is 6.04 Å². The molecule has 1 heterocycles. The van der Waals surface area contributed by atoms with Crippen molar-refractivity contribution in [2.75, 3.05) is 7.05 Å². The number of thiophene rings is 1. The second-order valence-electron chi connectivity index (χ2n) is 2.36. The van der Waals surface area contributed by atoms with Crippen LogP contribution in [0.2, 0.25) is 0 Å². The number of hydrogen-bond donors (Lipinski definition) is 1. The summed E-state index contributed by atoms with van der Waals surface area (Å²) in [7, 11) is 2.01. The Hall–Kier alpha value is -0.340. The van der Waals surface area contributed by atoms with Gasteiger partial charge >= 0.3 is 0 Å². The summed E-state index contributed by atoms with van der Waals surface area (Å²) in [6.45, 7) is 0. The molecule has 1 saturated carbocycles. The Balaban J connectivity index is 0.0000001000. The summed E-state index contributed by atoms with van der Waals surface area (Å²) in [5.41, 5.74) is 0. The van der Waals surface area contributed by atoms with E-state index in [9.17, 15) is 0 Å². The first-order valence-electron chi connectivity index (χ1n) is 3.58. The van der Waals surface area contributed by atoms with Crippen molar-refractivity contribution in [3.05, 3.63) is 22.9 Å². The minimum Gasteiger partial charge on any atom is -0.317 e. The van der Waals surface area contributed by atoms with E-state index >= 15 is 0 Å². The van der Waals surface area contributed by atoms with Crippen LogP contribution in [0.5, 0.6) is 0 Å². The molecule has 0 radical (unpaired) electrons. The maximum Gasteiger partial charge on any atom is 0.00652 e. The lowest BCUT2D eigenvalue weighted by atomic mass is 10.7. The number of hydrogen-bond acceptors (Lipinski definition) is 2. The van der Waals surface area contributed by atoms with Gasteiger partial charge in [0.05, 0.1) is 0 Å². The Kier molecular flexibility index (Phi) is 3.47. The zero-order chi connectivity index (χ0) is 7.23. The first kappa shape index (κ1) is 7.76. The van der Waals surface area contributed by atoms with E-state index in [1.54, 1.807) is 11.3 Å². The van der Waals surface area contributed by atoms with Gasteiger partial charge in [0.1, 0.15) is 0 Å². The summed E-state index contributed by atoms with van der Waals surface area (Å²) >= 11 is 1.71. The molecule has 1 aromatic rings. The molecule has 1 nitrogen and oxygen atoms in total. The van der Waals surface area contributed by atoms with Gasteiger partial charge in [-0.1, -0.05) is 12.1 Å². The largest absolute Gasteiger partial charge is 0.317 e. The van der Waals surface area contributed by atoms with Crippen LogP contribution < -0.4 is 5.32 Å². The van der Waals surface area contributed by atoms with Gasteiger partial charge in [0.15, 0.2) is 0 Å². The van der Waals surface area contributed by atoms with Gasteiger partial charge in [-0.3, -0.25) is 0 Å². The Bertz CT molecular complexity index is 127. The van der Waals surface area contributed by atoms with E-state index in [1.165, 1.54) is 12.8 Å². The molecule has 56 valence electrons. The lowest BCUT2D eigenvalue weighted by molar-refractivity contribution is 0.811. The summed E-state index contributed by atoms with van der Waals surface area (Å²) in [6.07, 6.45) is 2.80. The molecule has 0 spiro atoms. The fraction of sp³-hybridized carbons (Fsp3) is 0.500. The third kappa shape index (κ3) is 3.64. The molecular weight excluding hydrogens is 142 g/mol. The minimum absolute atomic E-state index is 0.884. The Morgan fingerprint density at radius 1 is 1.30 bits per heavy atom. The molecule has 0 bridgehead atoms. The first-order chi connectivity index (χ1) is 4.93. The van der Waals surface area contributed by atoms with Gasteiger partial charge in [0.2, 0.25) is 0 Å². The fourth-order valence-electron chi connectivity index (χ4n) is 0.599.